The highest BCUT2D eigenvalue weighted by molar-refractivity contribution is 6.09. The van der Waals surface area contributed by atoms with Crippen molar-refractivity contribution >= 4 is 29.1 Å². The fraction of sp³-hybridized carbons (Fsp3) is 0.447. The van der Waals surface area contributed by atoms with E-state index < -0.39 is 0 Å². The Balaban J connectivity index is 1.34. The number of ether oxygens (including phenoxy) is 3. The molecule has 49 heavy (non-hydrogen) atoms. The number of rotatable bonds is 17. The zero-order valence-electron chi connectivity index (χ0n) is 29.3. The number of carbonyl (C=O) groups excluding carboxylic acids is 3. The van der Waals surface area contributed by atoms with Crippen LogP contribution in [0.15, 0.2) is 60.7 Å². The third kappa shape index (κ3) is 10.7. The number of hydrogen-bond acceptors (Lipinski definition) is 8. The van der Waals surface area contributed by atoms with Gasteiger partial charge in [-0.1, -0.05) is 18.2 Å². The number of nitrogens with zero attached hydrogens (tertiary/aromatic N) is 3. The van der Waals surface area contributed by atoms with Crippen LogP contribution in [0.2, 0.25) is 0 Å². The Morgan fingerprint density at radius 1 is 0.837 bits per heavy atom. The summed E-state index contributed by atoms with van der Waals surface area (Å²) in [4.78, 5) is 45.2. The molecule has 3 aromatic rings. The van der Waals surface area contributed by atoms with E-state index in [0.717, 1.165) is 63.8 Å². The van der Waals surface area contributed by atoms with Gasteiger partial charge in [-0.05, 0) is 101 Å². The molecule has 0 saturated carbocycles. The van der Waals surface area contributed by atoms with Gasteiger partial charge >= 0.3 is 0 Å². The van der Waals surface area contributed by atoms with Crippen LogP contribution in [0, 0.1) is 6.92 Å². The number of piperazine rings is 1. The van der Waals surface area contributed by atoms with Crippen molar-refractivity contribution in [2.45, 2.75) is 45.4 Å². The number of nitrogens with one attached hydrogen (secondary N) is 1. The molecule has 0 radical (unpaired) electrons. The van der Waals surface area contributed by atoms with Crippen molar-refractivity contribution in [2.24, 2.45) is 5.73 Å². The zero-order valence-corrected chi connectivity index (χ0v) is 29.3. The first-order valence-electron chi connectivity index (χ1n) is 17.1. The van der Waals surface area contributed by atoms with Gasteiger partial charge in [-0.3, -0.25) is 14.4 Å². The molecule has 0 spiro atoms. The maximum atomic E-state index is 13.7. The molecule has 3 amide bonds. The number of hydrogen-bond donors (Lipinski definition) is 2. The van der Waals surface area contributed by atoms with Crippen LogP contribution in [-0.2, 0) is 4.79 Å². The second kappa shape index (κ2) is 18.8. The molecular weight excluding hydrogens is 622 g/mol. The average molecular weight is 674 g/mol. The van der Waals surface area contributed by atoms with Gasteiger partial charge in [-0.25, -0.2) is 0 Å². The van der Waals surface area contributed by atoms with Crippen molar-refractivity contribution in [1.29, 1.82) is 0 Å². The van der Waals surface area contributed by atoms with Crippen LogP contribution < -0.4 is 30.2 Å². The Kier molecular flexibility index (Phi) is 14.3. The van der Waals surface area contributed by atoms with E-state index in [9.17, 15) is 14.4 Å². The molecule has 3 N–H and O–H groups in total. The van der Waals surface area contributed by atoms with Crippen LogP contribution in [0.3, 0.4) is 0 Å². The number of aryl methyl sites for hydroxylation is 1. The highest BCUT2D eigenvalue weighted by Gasteiger charge is 2.21. The lowest BCUT2D eigenvalue weighted by Crippen LogP contribution is -2.47. The topological polar surface area (TPSA) is 127 Å². The quantitative estimate of drug-likeness (QED) is 0.184. The fourth-order valence-electron chi connectivity index (χ4n) is 5.59. The Morgan fingerprint density at radius 3 is 2.29 bits per heavy atom. The number of para-hydroxylation sites is 1. The summed E-state index contributed by atoms with van der Waals surface area (Å²) in [6.45, 7) is 6.96. The second-order valence-electron chi connectivity index (χ2n) is 12.4. The minimum Gasteiger partial charge on any atom is -0.495 e. The van der Waals surface area contributed by atoms with E-state index in [0.29, 0.717) is 65.9 Å². The molecule has 11 heteroatoms. The van der Waals surface area contributed by atoms with Gasteiger partial charge in [0.2, 0.25) is 5.91 Å². The van der Waals surface area contributed by atoms with E-state index in [1.54, 1.807) is 48.3 Å². The van der Waals surface area contributed by atoms with E-state index in [4.69, 9.17) is 19.9 Å². The van der Waals surface area contributed by atoms with Crippen molar-refractivity contribution in [2.75, 3.05) is 77.4 Å². The van der Waals surface area contributed by atoms with E-state index in [2.05, 4.69) is 17.3 Å². The van der Waals surface area contributed by atoms with Gasteiger partial charge in [0.25, 0.3) is 11.8 Å². The van der Waals surface area contributed by atoms with Gasteiger partial charge in [0.15, 0.2) is 0 Å². The van der Waals surface area contributed by atoms with Crippen molar-refractivity contribution in [3.8, 4) is 17.2 Å². The number of amides is 3. The molecule has 0 aromatic heterocycles. The van der Waals surface area contributed by atoms with Gasteiger partial charge in [0, 0.05) is 45.2 Å². The third-order valence-corrected chi connectivity index (χ3v) is 8.61. The smallest absolute Gasteiger partial charge is 0.259 e. The van der Waals surface area contributed by atoms with E-state index >= 15 is 0 Å². The number of likely N-dealkylation sites (N-methyl/N-ethyl adjacent to an activating group) is 1. The van der Waals surface area contributed by atoms with E-state index in [-0.39, 0.29) is 17.7 Å². The highest BCUT2D eigenvalue weighted by atomic mass is 16.5. The molecule has 1 aliphatic rings. The normalized spacial score (nSPS) is 13.1. The van der Waals surface area contributed by atoms with Crippen molar-refractivity contribution in [3.05, 3.63) is 77.4 Å². The highest BCUT2D eigenvalue weighted by Crippen LogP contribution is 2.32. The monoisotopic (exact) mass is 673 g/mol. The first-order valence-corrected chi connectivity index (χ1v) is 17.1. The molecule has 1 aliphatic heterocycles. The average Bonchev–Trinajstić information content (AvgIpc) is 3.11. The summed E-state index contributed by atoms with van der Waals surface area (Å²) < 4.78 is 17.6. The second-order valence-corrected chi connectivity index (χ2v) is 12.4. The number of methoxy groups -OCH3 is 1. The molecule has 3 aromatic carbocycles. The molecule has 11 nitrogen and oxygen atoms in total. The molecule has 4 rings (SSSR count). The molecule has 264 valence electrons. The van der Waals surface area contributed by atoms with Crippen molar-refractivity contribution in [1.82, 2.24) is 9.80 Å². The van der Waals surface area contributed by atoms with Gasteiger partial charge in [-0.15, -0.1) is 0 Å². The molecule has 0 atom stereocenters. The SMILES string of the molecule is COc1cc(C(=O)N(C)c2ccc(C)cc2OCCCCCC(=O)N2CCN(C)CC2)ccc1NC(=O)c1ccccc1OCCCCN. The number of unbranched alkanes of at least 4 members (excludes halogenated alkanes) is 3. The summed E-state index contributed by atoms with van der Waals surface area (Å²) in [5.74, 6) is 1.06. The van der Waals surface area contributed by atoms with Crippen LogP contribution in [0.25, 0.3) is 0 Å². The summed E-state index contributed by atoms with van der Waals surface area (Å²) in [5.41, 5.74) is 8.43. The molecule has 0 unspecified atom stereocenters. The van der Waals surface area contributed by atoms with Crippen LogP contribution in [0.1, 0.15) is 64.8 Å². The summed E-state index contributed by atoms with van der Waals surface area (Å²) in [6, 6.07) is 17.7. The summed E-state index contributed by atoms with van der Waals surface area (Å²) in [6.07, 6.45) is 4.69. The Hall–Kier alpha value is -4.61. The molecule has 0 aliphatic carbocycles. The van der Waals surface area contributed by atoms with Crippen LogP contribution in [-0.4, -0.2) is 94.7 Å². The largest absolute Gasteiger partial charge is 0.495 e. The number of benzene rings is 3. The van der Waals surface area contributed by atoms with Crippen molar-refractivity contribution in [3.63, 3.8) is 0 Å². The maximum absolute atomic E-state index is 13.7. The summed E-state index contributed by atoms with van der Waals surface area (Å²) >= 11 is 0. The lowest BCUT2D eigenvalue weighted by atomic mass is 10.1. The van der Waals surface area contributed by atoms with Gasteiger partial charge in [0.05, 0.1) is 37.3 Å². The van der Waals surface area contributed by atoms with Gasteiger partial charge in [0.1, 0.15) is 17.2 Å². The van der Waals surface area contributed by atoms with Gasteiger partial charge in [-0.2, -0.15) is 0 Å². The number of carbonyl (C=O) groups is 3. The lowest BCUT2D eigenvalue weighted by Gasteiger charge is -2.32. The minimum atomic E-state index is -0.355. The molecular formula is C38H51N5O6. The molecule has 0 bridgehead atoms. The first-order chi connectivity index (χ1) is 23.7. The molecule has 1 saturated heterocycles. The molecule has 1 heterocycles. The van der Waals surface area contributed by atoms with Crippen LogP contribution >= 0.6 is 0 Å². The van der Waals surface area contributed by atoms with E-state index in [1.807, 2.05) is 36.1 Å². The predicted octanol–water partition coefficient (Wildman–Crippen LogP) is 5.36. The standard InChI is InChI=1S/C38H51N5O6/c1-28-15-18-32(35(26-28)49-24-10-5-6-14-36(44)43-22-20-41(2)21-23-43)42(3)38(46)29-16-17-31(34(27-29)47-4)40-37(45)30-12-7-8-13-33(30)48-25-11-9-19-39/h7-8,12-13,15-18,26-27H,5-6,9-11,14,19-25,39H2,1-4H3,(H,40,45). The third-order valence-electron chi connectivity index (χ3n) is 8.61. The lowest BCUT2D eigenvalue weighted by molar-refractivity contribution is -0.132. The maximum Gasteiger partial charge on any atom is 0.259 e. The zero-order chi connectivity index (χ0) is 35.2. The number of nitrogens with two attached hydrogens (primary N) is 1. The predicted molar refractivity (Wildman–Crippen MR) is 193 cm³/mol. The summed E-state index contributed by atoms with van der Waals surface area (Å²) in [5, 5.41) is 2.89. The van der Waals surface area contributed by atoms with Crippen molar-refractivity contribution < 1.29 is 28.6 Å². The summed E-state index contributed by atoms with van der Waals surface area (Å²) in [7, 11) is 5.28. The Labute approximate surface area is 290 Å². The number of anilines is 2. The Bertz CT molecular complexity index is 1560. The molecule has 1 fully saturated rings. The van der Waals surface area contributed by atoms with Crippen LogP contribution in [0.5, 0.6) is 17.2 Å². The fourth-order valence-corrected chi connectivity index (χ4v) is 5.59. The first kappa shape index (κ1) is 37.2. The Morgan fingerprint density at radius 2 is 1.55 bits per heavy atom. The van der Waals surface area contributed by atoms with Crippen LogP contribution in [0.4, 0.5) is 11.4 Å². The van der Waals surface area contributed by atoms with E-state index in [1.165, 1.54) is 7.11 Å². The van der Waals surface area contributed by atoms with Gasteiger partial charge < -0.3 is 40.0 Å². The minimum absolute atomic E-state index is 0.229.